The lowest BCUT2D eigenvalue weighted by atomic mass is 10.1. The van der Waals surface area contributed by atoms with Crippen LogP contribution in [0.5, 0.6) is 0 Å². The molecule has 0 aliphatic carbocycles. The van der Waals surface area contributed by atoms with Crippen molar-refractivity contribution in [2.75, 3.05) is 19.8 Å². The Hall–Kier alpha value is -0.110. The van der Waals surface area contributed by atoms with Gasteiger partial charge in [0.05, 0.1) is 0 Å². The Morgan fingerprint density at radius 3 is 2.00 bits per heavy atom. The molecule has 0 radical (unpaired) electrons. The second-order valence-electron chi connectivity index (χ2n) is 2.79. The first-order valence-corrected chi connectivity index (χ1v) is 4.60. The fourth-order valence-electron chi connectivity index (χ4n) is 1.51. The van der Waals surface area contributed by atoms with Crippen LogP contribution in [-0.2, 0) is 0 Å². The van der Waals surface area contributed by atoms with E-state index < -0.39 is 0 Å². The summed E-state index contributed by atoms with van der Waals surface area (Å²) in [5, 5.41) is 0. The van der Waals surface area contributed by atoms with E-state index in [-0.39, 0.29) is 6.67 Å². The lowest BCUT2D eigenvalue weighted by Gasteiger charge is -2.27. The fourth-order valence-corrected chi connectivity index (χ4v) is 1.51. The van der Waals surface area contributed by atoms with Gasteiger partial charge in [0.1, 0.15) is 6.67 Å². The van der Waals surface area contributed by atoms with Crippen LogP contribution >= 0.6 is 0 Å². The van der Waals surface area contributed by atoms with Crippen molar-refractivity contribution < 1.29 is 4.39 Å². The second kappa shape index (κ2) is 6.59. The minimum atomic E-state index is -0.218. The maximum atomic E-state index is 12.0. The molecule has 0 aromatic heterocycles. The third-order valence-electron chi connectivity index (χ3n) is 2.24. The topological polar surface area (TPSA) is 3.24 Å². The van der Waals surface area contributed by atoms with Gasteiger partial charge in [-0.25, -0.2) is 4.39 Å². The smallest absolute Gasteiger partial charge is 0.102 e. The van der Waals surface area contributed by atoms with E-state index >= 15 is 0 Å². The average molecular weight is 161 g/mol. The highest BCUT2D eigenvalue weighted by atomic mass is 19.1. The maximum absolute atomic E-state index is 12.0. The highest BCUT2D eigenvalue weighted by Gasteiger charge is 2.11. The summed E-state index contributed by atoms with van der Waals surface area (Å²) in [5.41, 5.74) is 0. The second-order valence-corrected chi connectivity index (χ2v) is 2.79. The van der Waals surface area contributed by atoms with Crippen molar-refractivity contribution in [3.8, 4) is 0 Å². The molecule has 0 saturated heterocycles. The molecule has 0 heterocycles. The first-order valence-electron chi connectivity index (χ1n) is 4.60. The van der Waals surface area contributed by atoms with Crippen LogP contribution in [0.2, 0.25) is 0 Å². The molecule has 0 atom stereocenters. The van der Waals surface area contributed by atoms with Crippen LogP contribution in [0, 0.1) is 0 Å². The third kappa shape index (κ3) is 3.71. The normalized spacial score (nSPS) is 11.5. The van der Waals surface area contributed by atoms with E-state index in [0.717, 1.165) is 19.4 Å². The van der Waals surface area contributed by atoms with Gasteiger partial charge in [0.2, 0.25) is 0 Å². The summed E-state index contributed by atoms with van der Waals surface area (Å²) in [5.74, 6) is 0. The molecule has 68 valence electrons. The highest BCUT2D eigenvalue weighted by molar-refractivity contribution is 4.66. The molecule has 0 aromatic rings. The van der Waals surface area contributed by atoms with Crippen LogP contribution in [0.3, 0.4) is 0 Å². The van der Waals surface area contributed by atoms with E-state index in [4.69, 9.17) is 0 Å². The Bertz CT molecular complexity index is 81.6. The third-order valence-corrected chi connectivity index (χ3v) is 2.24. The van der Waals surface area contributed by atoms with Gasteiger partial charge in [-0.15, -0.1) is 0 Å². The molecule has 11 heavy (non-hydrogen) atoms. The summed E-state index contributed by atoms with van der Waals surface area (Å²) in [7, 11) is 0. The van der Waals surface area contributed by atoms with E-state index in [9.17, 15) is 4.39 Å². The first-order chi connectivity index (χ1) is 5.29. The highest BCUT2D eigenvalue weighted by Crippen LogP contribution is 2.07. The van der Waals surface area contributed by atoms with Crippen molar-refractivity contribution in [3.05, 3.63) is 0 Å². The predicted octanol–water partition coefficient (Wildman–Crippen LogP) is 2.47. The summed E-state index contributed by atoms with van der Waals surface area (Å²) in [6, 6.07) is 0.579. The minimum Gasteiger partial charge on any atom is -0.298 e. The number of nitrogens with zero attached hydrogens (tertiary/aromatic N) is 1. The summed E-state index contributed by atoms with van der Waals surface area (Å²) < 4.78 is 12.0. The predicted molar refractivity (Wildman–Crippen MR) is 47.6 cm³/mol. The monoisotopic (exact) mass is 161 g/mol. The molecule has 1 nitrogen and oxygen atoms in total. The Balaban J connectivity index is 3.76. The van der Waals surface area contributed by atoms with Crippen molar-refractivity contribution in [1.29, 1.82) is 0 Å². The van der Waals surface area contributed by atoms with Crippen LogP contribution in [0.1, 0.15) is 33.6 Å². The number of rotatable bonds is 6. The quantitative estimate of drug-likeness (QED) is 0.578. The molecule has 0 saturated carbocycles. The fraction of sp³-hybridized carbons (Fsp3) is 1.00. The molecule has 0 aliphatic heterocycles. The molecule has 2 heteroatoms. The molecule has 0 bridgehead atoms. The number of hydrogen-bond acceptors (Lipinski definition) is 1. The molecule has 0 rings (SSSR count). The molecular weight excluding hydrogens is 141 g/mol. The Morgan fingerprint density at radius 1 is 1.18 bits per heavy atom. The lowest BCUT2D eigenvalue weighted by molar-refractivity contribution is 0.180. The molecule has 0 unspecified atom stereocenters. The minimum absolute atomic E-state index is 0.218. The van der Waals surface area contributed by atoms with Gasteiger partial charge in [-0.1, -0.05) is 20.8 Å². The average Bonchev–Trinajstić information content (AvgIpc) is 2.05. The molecule has 0 amide bonds. The molecule has 0 aliphatic rings. The van der Waals surface area contributed by atoms with Crippen molar-refractivity contribution in [2.45, 2.75) is 39.7 Å². The maximum Gasteiger partial charge on any atom is 0.102 e. The van der Waals surface area contributed by atoms with Gasteiger partial charge in [0.15, 0.2) is 0 Å². The van der Waals surface area contributed by atoms with Crippen LogP contribution in [0.25, 0.3) is 0 Å². The molecule has 0 aromatic carbocycles. The van der Waals surface area contributed by atoms with Gasteiger partial charge < -0.3 is 0 Å². The Kier molecular flexibility index (Phi) is 6.52. The van der Waals surface area contributed by atoms with E-state index in [0.29, 0.717) is 12.6 Å². The van der Waals surface area contributed by atoms with Crippen molar-refractivity contribution >= 4 is 0 Å². The van der Waals surface area contributed by atoms with Crippen LogP contribution in [0.4, 0.5) is 4.39 Å². The van der Waals surface area contributed by atoms with Gasteiger partial charge in [0.25, 0.3) is 0 Å². The van der Waals surface area contributed by atoms with Gasteiger partial charge in [-0.3, -0.25) is 4.90 Å². The van der Waals surface area contributed by atoms with Gasteiger partial charge in [-0.2, -0.15) is 0 Å². The van der Waals surface area contributed by atoms with Crippen LogP contribution in [-0.4, -0.2) is 30.7 Å². The van der Waals surface area contributed by atoms with Gasteiger partial charge >= 0.3 is 0 Å². The van der Waals surface area contributed by atoms with Gasteiger partial charge in [-0.05, 0) is 19.4 Å². The SMILES string of the molecule is CCC(CC)N(CC)CCF. The number of hydrogen-bond donors (Lipinski definition) is 0. The van der Waals surface area contributed by atoms with E-state index in [2.05, 4.69) is 25.7 Å². The van der Waals surface area contributed by atoms with Crippen LogP contribution < -0.4 is 0 Å². The van der Waals surface area contributed by atoms with Crippen molar-refractivity contribution in [2.24, 2.45) is 0 Å². The van der Waals surface area contributed by atoms with Crippen molar-refractivity contribution in [3.63, 3.8) is 0 Å². The molecular formula is C9H20FN. The standard InChI is InChI=1S/C9H20FN/c1-4-9(5-2)11(6-3)8-7-10/h9H,4-8H2,1-3H3. The summed E-state index contributed by atoms with van der Waals surface area (Å²) in [6.07, 6.45) is 2.26. The zero-order chi connectivity index (χ0) is 8.69. The lowest BCUT2D eigenvalue weighted by Crippen LogP contribution is -2.35. The largest absolute Gasteiger partial charge is 0.298 e. The number of alkyl halides is 1. The summed E-state index contributed by atoms with van der Waals surface area (Å²) in [6.45, 7) is 7.77. The summed E-state index contributed by atoms with van der Waals surface area (Å²) >= 11 is 0. The van der Waals surface area contributed by atoms with Gasteiger partial charge in [0, 0.05) is 12.6 Å². The number of halogens is 1. The van der Waals surface area contributed by atoms with E-state index in [1.807, 2.05) is 0 Å². The molecule has 0 fully saturated rings. The molecule has 0 N–H and O–H groups in total. The summed E-state index contributed by atoms with van der Waals surface area (Å²) in [4.78, 5) is 2.21. The van der Waals surface area contributed by atoms with E-state index in [1.54, 1.807) is 0 Å². The van der Waals surface area contributed by atoms with Crippen LogP contribution in [0.15, 0.2) is 0 Å². The zero-order valence-electron chi connectivity index (χ0n) is 7.94. The Morgan fingerprint density at radius 2 is 1.73 bits per heavy atom. The van der Waals surface area contributed by atoms with Crippen molar-refractivity contribution in [1.82, 2.24) is 4.90 Å². The Labute approximate surface area is 69.6 Å². The zero-order valence-corrected chi connectivity index (χ0v) is 7.94. The molecule has 0 spiro atoms. The van der Waals surface area contributed by atoms with E-state index in [1.165, 1.54) is 0 Å². The first kappa shape index (κ1) is 10.9.